The number of halogens is 1. The Morgan fingerprint density at radius 1 is 1.16 bits per heavy atom. The lowest BCUT2D eigenvalue weighted by atomic mass is 9.94. The third-order valence-electron chi connectivity index (χ3n) is 6.01. The number of anilines is 2. The molecule has 1 aliphatic carbocycles. The first kappa shape index (κ1) is 27.7. The fourth-order valence-electron chi connectivity index (χ4n) is 4.23. The summed E-state index contributed by atoms with van der Waals surface area (Å²) in [6, 6.07) is 5.91. The fourth-order valence-corrected chi connectivity index (χ4v) is 4.23. The Morgan fingerprint density at radius 2 is 1.88 bits per heavy atom. The summed E-state index contributed by atoms with van der Waals surface area (Å²) >= 11 is 0. The monoisotopic (exact) mass is 451 g/mol. The van der Waals surface area contributed by atoms with Crippen LogP contribution in [0.1, 0.15) is 65.7 Å². The number of hydrogen-bond donors (Lipinski definition) is 1. The molecule has 2 fully saturated rings. The number of hydrogen-bond acceptors (Lipinski definition) is 5. The molecule has 1 amide bonds. The largest absolute Gasteiger partial charge is 0.468 e. The van der Waals surface area contributed by atoms with Crippen LogP contribution >= 0.6 is 0 Å². The van der Waals surface area contributed by atoms with E-state index in [1.54, 1.807) is 20.0 Å². The summed E-state index contributed by atoms with van der Waals surface area (Å²) in [6.45, 7) is 9.75. The van der Waals surface area contributed by atoms with Gasteiger partial charge in [0.15, 0.2) is 0 Å². The van der Waals surface area contributed by atoms with Crippen LogP contribution in [0.25, 0.3) is 0 Å². The van der Waals surface area contributed by atoms with Crippen molar-refractivity contribution in [3.05, 3.63) is 24.0 Å². The lowest BCUT2D eigenvalue weighted by molar-refractivity contribution is -0.128. The Kier molecular flexibility index (Phi) is 14.2. The summed E-state index contributed by atoms with van der Waals surface area (Å²) in [5, 5.41) is 2.95. The van der Waals surface area contributed by atoms with E-state index in [9.17, 15) is 14.0 Å². The number of piperidine rings is 1. The molecule has 0 spiro atoms. The van der Waals surface area contributed by atoms with E-state index < -0.39 is 0 Å². The maximum Gasteiger partial charge on any atom is 0.293 e. The van der Waals surface area contributed by atoms with Crippen molar-refractivity contribution < 1.29 is 18.7 Å². The zero-order valence-electron chi connectivity index (χ0n) is 20.3. The summed E-state index contributed by atoms with van der Waals surface area (Å²) in [6.07, 6.45) is 9.80. The Labute approximate surface area is 193 Å². The zero-order chi connectivity index (χ0) is 23.8. The number of amides is 1. The second-order valence-electron chi connectivity index (χ2n) is 8.39. The Morgan fingerprint density at radius 3 is 2.34 bits per heavy atom. The molecular weight excluding hydrogens is 409 g/mol. The first-order chi connectivity index (χ1) is 15.5. The topological polar surface area (TPSA) is 61.9 Å². The van der Waals surface area contributed by atoms with Crippen LogP contribution in [0.3, 0.4) is 0 Å². The third kappa shape index (κ3) is 9.88. The molecule has 32 heavy (non-hydrogen) atoms. The molecule has 1 unspecified atom stereocenters. The van der Waals surface area contributed by atoms with E-state index in [1.807, 2.05) is 24.0 Å². The van der Waals surface area contributed by atoms with Gasteiger partial charge < -0.3 is 19.9 Å². The average molecular weight is 452 g/mol. The van der Waals surface area contributed by atoms with Crippen molar-refractivity contribution in [1.29, 1.82) is 0 Å². The molecule has 0 bridgehead atoms. The van der Waals surface area contributed by atoms with Gasteiger partial charge >= 0.3 is 0 Å². The van der Waals surface area contributed by atoms with Crippen LogP contribution < -0.4 is 10.2 Å². The zero-order valence-corrected chi connectivity index (χ0v) is 20.3. The molecule has 1 atom stereocenters. The summed E-state index contributed by atoms with van der Waals surface area (Å²) < 4.78 is 18.0. The van der Waals surface area contributed by atoms with Gasteiger partial charge in [-0.25, -0.2) is 4.39 Å². The van der Waals surface area contributed by atoms with Crippen molar-refractivity contribution in [3.8, 4) is 0 Å². The van der Waals surface area contributed by atoms with E-state index in [4.69, 9.17) is 0 Å². The molecule has 2 aliphatic rings. The van der Waals surface area contributed by atoms with E-state index >= 15 is 0 Å². The first-order valence-corrected chi connectivity index (χ1v) is 12.0. The second kappa shape index (κ2) is 16.3. The number of benzene rings is 1. The lowest BCUT2D eigenvalue weighted by Gasteiger charge is -2.33. The van der Waals surface area contributed by atoms with Crippen molar-refractivity contribution >= 4 is 24.3 Å². The van der Waals surface area contributed by atoms with Crippen molar-refractivity contribution in [2.24, 2.45) is 5.92 Å². The molecule has 6 nitrogen and oxygen atoms in total. The van der Waals surface area contributed by atoms with Crippen LogP contribution in [-0.2, 0) is 14.3 Å². The van der Waals surface area contributed by atoms with Gasteiger partial charge in [-0.1, -0.05) is 26.2 Å². The second-order valence-corrected chi connectivity index (χ2v) is 8.39. The van der Waals surface area contributed by atoms with Gasteiger partial charge in [0.05, 0.1) is 12.3 Å². The minimum absolute atomic E-state index is 0.124. The smallest absolute Gasteiger partial charge is 0.293 e. The van der Waals surface area contributed by atoms with Gasteiger partial charge in [0.2, 0.25) is 6.41 Å². The first-order valence-electron chi connectivity index (χ1n) is 12.0. The lowest BCUT2D eigenvalue weighted by Crippen LogP contribution is -2.35. The summed E-state index contributed by atoms with van der Waals surface area (Å²) in [5.41, 5.74) is 1.57. The van der Waals surface area contributed by atoms with Gasteiger partial charge in [0.1, 0.15) is 5.82 Å². The molecule has 1 saturated carbocycles. The van der Waals surface area contributed by atoms with Crippen LogP contribution in [0, 0.1) is 11.7 Å². The highest BCUT2D eigenvalue weighted by Crippen LogP contribution is 2.27. The molecule has 1 aromatic rings. The van der Waals surface area contributed by atoms with Gasteiger partial charge in [-0.2, -0.15) is 0 Å². The number of rotatable bonds is 7. The highest BCUT2D eigenvalue weighted by Gasteiger charge is 2.19. The SMILES string of the molecule is CCN(C=O)C1CCCCC1.CCOC=O.CNc1ccc(N2CCCC(C)C2)c(F)c1. The molecule has 1 saturated heterocycles. The number of ether oxygens (including phenoxy) is 1. The molecule has 1 heterocycles. The van der Waals surface area contributed by atoms with Gasteiger partial charge in [-0.05, 0) is 63.6 Å². The van der Waals surface area contributed by atoms with E-state index in [1.165, 1.54) is 38.5 Å². The van der Waals surface area contributed by atoms with Crippen molar-refractivity contribution in [1.82, 2.24) is 4.90 Å². The van der Waals surface area contributed by atoms with Crippen LogP contribution in [0.15, 0.2) is 18.2 Å². The van der Waals surface area contributed by atoms with Gasteiger partial charge in [0, 0.05) is 38.4 Å². The quantitative estimate of drug-likeness (QED) is 0.586. The predicted octanol–water partition coefficient (Wildman–Crippen LogP) is 5.08. The van der Waals surface area contributed by atoms with Crippen molar-refractivity contribution in [2.45, 2.75) is 71.8 Å². The van der Waals surface area contributed by atoms with Crippen LogP contribution in [-0.4, -0.2) is 57.1 Å². The van der Waals surface area contributed by atoms with Crippen LogP contribution in [0.4, 0.5) is 15.8 Å². The predicted molar refractivity (Wildman–Crippen MR) is 130 cm³/mol. The minimum Gasteiger partial charge on any atom is -0.468 e. The summed E-state index contributed by atoms with van der Waals surface area (Å²) in [4.78, 5) is 23.8. The maximum atomic E-state index is 13.9. The Bertz CT molecular complexity index is 653. The molecule has 1 N–H and O–H groups in total. The molecule has 0 aromatic heterocycles. The van der Waals surface area contributed by atoms with E-state index in [0.29, 0.717) is 25.0 Å². The van der Waals surface area contributed by atoms with E-state index in [2.05, 4.69) is 21.9 Å². The number of carbonyl (C=O) groups is 2. The van der Waals surface area contributed by atoms with Gasteiger partial charge in [-0.15, -0.1) is 0 Å². The normalized spacial score (nSPS) is 18.3. The standard InChI is InChI=1S/C13H19FN2.C9H17NO.C3H6O2/c1-10-4-3-7-16(9-10)13-6-5-11(15-2)8-12(13)14;1-2-10(8-11)9-6-4-3-5-7-9;1-2-5-3-4/h5-6,8,10,15H,3-4,7,9H2,1-2H3;8-9H,2-7H2,1H3;3H,2H2,1H3. The van der Waals surface area contributed by atoms with E-state index in [0.717, 1.165) is 43.8 Å². The maximum absolute atomic E-state index is 13.9. The minimum atomic E-state index is -0.124. The third-order valence-corrected chi connectivity index (χ3v) is 6.01. The van der Waals surface area contributed by atoms with Gasteiger partial charge in [-0.3, -0.25) is 9.59 Å². The molecular formula is C25H42FN3O3. The average Bonchev–Trinajstić information content (AvgIpc) is 2.82. The molecule has 182 valence electrons. The molecule has 3 rings (SSSR count). The van der Waals surface area contributed by atoms with Crippen molar-refractivity contribution in [3.63, 3.8) is 0 Å². The molecule has 0 radical (unpaired) electrons. The van der Waals surface area contributed by atoms with Crippen molar-refractivity contribution in [2.75, 3.05) is 43.5 Å². The van der Waals surface area contributed by atoms with E-state index in [-0.39, 0.29) is 5.82 Å². The molecule has 1 aromatic carbocycles. The fraction of sp³-hybridized carbons (Fsp3) is 0.680. The number of nitrogens with one attached hydrogen (secondary N) is 1. The highest BCUT2D eigenvalue weighted by molar-refractivity contribution is 5.56. The molecule has 7 heteroatoms. The summed E-state index contributed by atoms with van der Waals surface area (Å²) in [5.74, 6) is 0.540. The number of nitrogens with zero attached hydrogens (tertiary/aromatic N) is 2. The molecule has 1 aliphatic heterocycles. The highest BCUT2D eigenvalue weighted by atomic mass is 19.1. The van der Waals surface area contributed by atoms with Crippen LogP contribution in [0.5, 0.6) is 0 Å². The summed E-state index contributed by atoms with van der Waals surface area (Å²) in [7, 11) is 1.80. The Hall–Kier alpha value is -2.31. The van der Waals surface area contributed by atoms with Gasteiger partial charge in [0.25, 0.3) is 6.47 Å². The Balaban J connectivity index is 0.000000278. The van der Waals surface area contributed by atoms with Crippen LogP contribution in [0.2, 0.25) is 0 Å². The number of carbonyl (C=O) groups excluding carboxylic acids is 2.